The summed E-state index contributed by atoms with van der Waals surface area (Å²) >= 11 is 0. The van der Waals surface area contributed by atoms with Crippen LogP contribution in [0.15, 0.2) is 18.2 Å². The van der Waals surface area contributed by atoms with Crippen LogP contribution in [0.5, 0.6) is 0 Å². The largest absolute Gasteiger partial charge is 0.418 e. The van der Waals surface area contributed by atoms with Gasteiger partial charge in [0.25, 0.3) is 0 Å². The van der Waals surface area contributed by atoms with Gasteiger partial charge in [0, 0.05) is 25.8 Å². The number of anilines is 2. The van der Waals surface area contributed by atoms with E-state index in [2.05, 4.69) is 10.6 Å². The summed E-state index contributed by atoms with van der Waals surface area (Å²) in [6.45, 7) is 0. The third-order valence-electron chi connectivity index (χ3n) is 2.99. The highest BCUT2D eigenvalue weighted by Gasteiger charge is 2.34. The van der Waals surface area contributed by atoms with Crippen LogP contribution in [0.1, 0.15) is 18.4 Å². The third kappa shape index (κ3) is 3.55. The normalized spacial score (nSPS) is 14.8. The predicted octanol–water partition coefficient (Wildman–Crippen LogP) is 3.06. The van der Waals surface area contributed by atoms with E-state index in [1.165, 1.54) is 12.1 Å². The Labute approximate surface area is 114 Å². The molecule has 0 spiro atoms. The van der Waals surface area contributed by atoms with Gasteiger partial charge in [-0.15, -0.1) is 0 Å². The maximum absolute atomic E-state index is 13.0. The number of rotatable bonds is 3. The van der Waals surface area contributed by atoms with E-state index in [0.29, 0.717) is 5.69 Å². The molecule has 1 aliphatic rings. The Morgan fingerprint density at radius 2 is 1.95 bits per heavy atom. The van der Waals surface area contributed by atoms with Crippen LogP contribution in [-0.2, 0) is 6.18 Å². The number of carbonyl (C=O) groups is 1. The molecule has 2 rings (SSSR count). The van der Waals surface area contributed by atoms with Crippen LogP contribution in [0.3, 0.4) is 0 Å². The fourth-order valence-electron chi connectivity index (χ4n) is 1.73. The Hall–Kier alpha value is -1.92. The molecule has 2 amide bonds. The molecule has 0 radical (unpaired) electrons. The molecule has 7 heteroatoms. The van der Waals surface area contributed by atoms with Crippen molar-refractivity contribution in [3.8, 4) is 0 Å². The fraction of sp³-hybridized carbons (Fsp3) is 0.462. The Morgan fingerprint density at radius 3 is 2.45 bits per heavy atom. The van der Waals surface area contributed by atoms with Crippen LogP contribution in [0.2, 0.25) is 0 Å². The molecule has 0 heterocycles. The summed E-state index contributed by atoms with van der Waals surface area (Å²) in [6, 6.07) is 3.31. The van der Waals surface area contributed by atoms with Crippen molar-refractivity contribution in [2.75, 3.05) is 24.3 Å². The number of benzene rings is 1. The molecule has 4 nitrogen and oxygen atoms in total. The molecule has 1 aliphatic carbocycles. The molecule has 1 saturated carbocycles. The zero-order chi connectivity index (χ0) is 14.9. The van der Waals surface area contributed by atoms with Crippen molar-refractivity contribution in [1.29, 1.82) is 0 Å². The Morgan fingerprint density at radius 1 is 1.30 bits per heavy atom. The van der Waals surface area contributed by atoms with Gasteiger partial charge in [0.05, 0.1) is 11.3 Å². The van der Waals surface area contributed by atoms with Crippen LogP contribution in [0.25, 0.3) is 0 Å². The second-order valence-electron chi connectivity index (χ2n) is 4.99. The first-order valence-corrected chi connectivity index (χ1v) is 6.23. The number of nitrogens with zero attached hydrogens (tertiary/aromatic N) is 1. The van der Waals surface area contributed by atoms with Crippen molar-refractivity contribution in [2.24, 2.45) is 0 Å². The lowest BCUT2D eigenvalue weighted by Crippen LogP contribution is -2.31. The Balaban J connectivity index is 2.23. The summed E-state index contributed by atoms with van der Waals surface area (Å²) in [7, 11) is 3.31. The molecule has 1 aromatic rings. The van der Waals surface area contributed by atoms with Crippen LogP contribution >= 0.6 is 0 Å². The zero-order valence-corrected chi connectivity index (χ0v) is 11.2. The van der Waals surface area contributed by atoms with Gasteiger partial charge in [-0.25, -0.2) is 4.79 Å². The number of nitrogens with one attached hydrogen (secondary N) is 2. The lowest BCUT2D eigenvalue weighted by Gasteiger charge is -2.18. The van der Waals surface area contributed by atoms with Crippen molar-refractivity contribution in [2.45, 2.75) is 25.1 Å². The summed E-state index contributed by atoms with van der Waals surface area (Å²) < 4.78 is 39.1. The van der Waals surface area contributed by atoms with Crippen LogP contribution in [-0.4, -0.2) is 26.2 Å². The summed E-state index contributed by atoms with van der Waals surface area (Å²) in [4.78, 5) is 13.1. The number of hydrogen-bond acceptors (Lipinski definition) is 2. The molecule has 110 valence electrons. The van der Waals surface area contributed by atoms with Crippen LogP contribution in [0.4, 0.5) is 29.3 Å². The molecule has 2 N–H and O–H groups in total. The standard InChI is InChI=1S/C13H16F3N3O/c1-19(2)9-5-6-11(10(7-9)13(14,15)16)18-12(20)17-8-3-4-8/h5-8H,3-4H2,1-2H3,(H2,17,18,20). The molecular formula is C13H16F3N3O. The first-order chi connectivity index (χ1) is 9.27. The molecule has 0 atom stereocenters. The summed E-state index contributed by atoms with van der Waals surface area (Å²) in [6.07, 6.45) is -2.77. The minimum Gasteiger partial charge on any atom is -0.378 e. The lowest BCUT2D eigenvalue weighted by molar-refractivity contribution is -0.136. The van der Waals surface area contributed by atoms with E-state index in [1.54, 1.807) is 19.0 Å². The first-order valence-electron chi connectivity index (χ1n) is 6.23. The Kier molecular flexibility index (Phi) is 3.78. The molecule has 20 heavy (non-hydrogen) atoms. The maximum atomic E-state index is 13.0. The second-order valence-corrected chi connectivity index (χ2v) is 4.99. The van der Waals surface area contributed by atoms with Gasteiger partial charge in [-0.3, -0.25) is 0 Å². The van der Waals surface area contributed by atoms with Crippen molar-refractivity contribution < 1.29 is 18.0 Å². The highest BCUT2D eigenvalue weighted by atomic mass is 19.4. The quantitative estimate of drug-likeness (QED) is 0.897. The molecule has 0 aromatic heterocycles. The topological polar surface area (TPSA) is 44.4 Å². The van der Waals surface area contributed by atoms with Crippen LogP contribution in [0, 0.1) is 0 Å². The average Bonchev–Trinajstić information content (AvgIpc) is 3.11. The van der Waals surface area contributed by atoms with Crippen molar-refractivity contribution in [3.63, 3.8) is 0 Å². The number of halogens is 3. The lowest BCUT2D eigenvalue weighted by atomic mass is 10.1. The molecule has 0 saturated heterocycles. The molecule has 1 aromatic carbocycles. The first kappa shape index (κ1) is 14.5. The number of amides is 2. The van der Waals surface area contributed by atoms with Crippen LogP contribution < -0.4 is 15.5 Å². The maximum Gasteiger partial charge on any atom is 0.418 e. The van der Waals surface area contributed by atoms with Gasteiger partial charge in [-0.2, -0.15) is 13.2 Å². The van der Waals surface area contributed by atoms with Crippen molar-refractivity contribution in [3.05, 3.63) is 23.8 Å². The fourth-order valence-corrected chi connectivity index (χ4v) is 1.73. The van der Waals surface area contributed by atoms with E-state index in [4.69, 9.17) is 0 Å². The monoisotopic (exact) mass is 287 g/mol. The predicted molar refractivity (Wildman–Crippen MR) is 70.9 cm³/mol. The van der Waals surface area contributed by atoms with Gasteiger partial charge in [0.15, 0.2) is 0 Å². The minimum atomic E-state index is -4.52. The van der Waals surface area contributed by atoms with Gasteiger partial charge in [0.2, 0.25) is 0 Å². The number of carbonyl (C=O) groups excluding carboxylic acids is 1. The van der Waals surface area contributed by atoms with E-state index in [-0.39, 0.29) is 11.7 Å². The van der Waals surface area contributed by atoms with E-state index in [9.17, 15) is 18.0 Å². The number of alkyl halides is 3. The molecule has 0 unspecified atom stereocenters. The molecule has 0 aliphatic heterocycles. The Bertz CT molecular complexity index is 510. The third-order valence-corrected chi connectivity index (χ3v) is 2.99. The van der Waals surface area contributed by atoms with Gasteiger partial charge < -0.3 is 15.5 Å². The smallest absolute Gasteiger partial charge is 0.378 e. The van der Waals surface area contributed by atoms with E-state index in [1.807, 2.05) is 0 Å². The van der Waals surface area contributed by atoms with E-state index in [0.717, 1.165) is 18.9 Å². The molecular weight excluding hydrogens is 271 g/mol. The van der Waals surface area contributed by atoms with E-state index >= 15 is 0 Å². The van der Waals surface area contributed by atoms with Crippen molar-refractivity contribution >= 4 is 17.4 Å². The number of urea groups is 1. The highest BCUT2D eigenvalue weighted by Crippen LogP contribution is 2.37. The summed E-state index contributed by atoms with van der Waals surface area (Å²) in [5.74, 6) is 0. The van der Waals surface area contributed by atoms with Gasteiger partial charge in [-0.05, 0) is 31.0 Å². The molecule has 0 bridgehead atoms. The van der Waals surface area contributed by atoms with Crippen molar-refractivity contribution in [1.82, 2.24) is 5.32 Å². The van der Waals surface area contributed by atoms with Gasteiger partial charge in [0.1, 0.15) is 0 Å². The van der Waals surface area contributed by atoms with Gasteiger partial charge >= 0.3 is 12.2 Å². The molecule has 1 fully saturated rings. The second kappa shape index (κ2) is 5.22. The average molecular weight is 287 g/mol. The SMILES string of the molecule is CN(C)c1ccc(NC(=O)NC2CC2)c(C(F)(F)F)c1. The van der Waals surface area contributed by atoms with Gasteiger partial charge in [-0.1, -0.05) is 0 Å². The minimum absolute atomic E-state index is 0.0883. The van der Waals surface area contributed by atoms with E-state index < -0.39 is 17.8 Å². The summed E-state index contributed by atoms with van der Waals surface area (Å²) in [5, 5.41) is 4.86. The summed E-state index contributed by atoms with van der Waals surface area (Å²) in [5.41, 5.74) is -0.665. The zero-order valence-electron chi connectivity index (χ0n) is 11.2. The number of hydrogen-bond donors (Lipinski definition) is 2. The highest BCUT2D eigenvalue weighted by molar-refractivity contribution is 5.91.